The van der Waals surface area contributed by atoms with Gasteiger partial charge in [-0.3, -0.25) is 9.74 Å². The topological polar surface area (TPSA) is 82.0 Å². The molecule has 1 amide bonds. The van der Waals surface area contributed by atoms with Gasteiger partial charge in [-0.15, -0.1) is 0 Å². The molecule has 6 nitrogen and oxygen atoms in total. The van der Waals surface area contributed by atoms with Crippen molar-refractivity contribution in [3.63, 3.8) is 0 Å². The molecule has 1 rings (SSSR count). The first-order chi connectivity index (χ1) is 11.1. The molecular formula is C18H30N2O4. The minimum Gasteiger partial charge on any atom is -0.465 e. The van der Waals surface area contributed by atoms with Gasteiger partial charge in [0.2, 0.25) is 0 Å². The van der Waals surface area contributed by atoms with Crippen molar-refractivity contribution >= 4 is 6.09 Å². The van der Waals surface area contributed by atoms with Gasteiger partial charge >= 0.3 is 6.09 Å². The van der Waals surface area contributed by atoms with Crippen LogP contribution in [0.3, 0.4) is 0 Å². The van der Waals surface area contributed by atoms with Crippen LogP contribution >= 0.6 is 0 Å². The SMILES string of the molecule is CC(C)ONC[C@H](O)[C@H](Cc1ccccc1)N(C(=O)O)C(C)(C)C. The van der Waals surface area contributed by atoms with Crippen molar-refractivity contribution in [1.82, 2.24) is 10.4 Å². The summed E-state index contributed by atoms with van der Waals surface area (Å²) in [4.78, 5) is 18.4. The summed E-state index contributed by atoms with van der Waals surface area (Å²) < 4.78 is 0. The smallest absolute Gasteiger partial charge is 0.408 e. The van der Waals surface area contributed by atoms with E-state index in [-0.39, 0.29) is 12.6 Å². The molecule has 1 aromatic rings. The van der Waals surface area contributed by atoms with Crippen LogP contribution in [0.2, 0.25) is 0 Å². The fourth-order valence-corrected chi connectivity index (χ4v) is 2.62. The highest BCUT2D eigenvalue weighted by atomic mass is 16.7. The largest absolute Gasteiger partial charge is 0.465 e. The Morgan fingerprint density at radius 1 is 1.25 bits per heavy atom. The Labute approximate surface area is 144 Å². The lowest BCUT2D eigenvalue weighted by Crippen LogP contribution is -2.58. The quantitative estimate of drug-likeness (QED) is 0.635. The van der Waals surface area contributed by atoms with Gasteiger partial charge in [0.15, 0.2) is 0 Å². The second kappa shape index (κ2) is 9.01. The minimum atomic E-state index is -1.05. The lowest BCUT2D eigenvalue weighted by molar-refractivity contribution is -0.0471. The van der Waals surface area contributed by atoms with E-state index in [4.69, 9.17) is 4.84 Å². The predicted octanol–water partition coefficient (Wildman–Crippen LogP) is 2.67. The first-order valence-corrected chi connectivity index (χ1v) is 8.25. The summed E-state index contributed by atoms with van der Waals surface area (Å²) in [6, 6.07) is 8.99. The van der Waals surface area contributed by atoms with Crippen LogP contribution in [0, 0.1) is 0 Å². The summed E-state index contributed by atoms with van der Waals surface area (Å²) in [5, 5.41) is 20.3. The third kappa shape index (κ3) is 6.47. The van der Waals surface area contributed by atoms with Crippen LogP contribution in [-0.2, 0) is 11.3 Å². The number of rotatable bonds is 8. The molecule has 0 spiro atoms. The van der Waals surface area contributed by atoms with Gasteiger partial charge in [-0.2, -0.15) is 5.48 Å². The highest BCUT2D eigenvalue weighted by Crippen LogP contribution is 2.22. The Balaban J connectivity index is 2.98. The summed E-state index contributed by atoms with van der Waals surface area (Å²) in [5.74, 6) is 0. The molecule has 0 saturated heterocycles. The summed E-state index contributed by atoms with van der Waals surface area (Å²) in [6.07, 6.45) is -1.55. The Bertz CT molecular complexity index is 499. The Morgan fingerprint density at radius 3 is 2.29 bits per heavy atom. The molecule has 0 aliphatic carbocycles. The van der Waals surface area contributed by atoms with E-state index in [0.29, 0.717) is 6.42 Å². The number of aliphatic hydroxyl groups is 1. The number of hydroxylamine groups is 1. The molecule has 0 unspecified atom stereocenters. The van der Waals surface area contributed by atoms with Crippen LogP contribution in [0.5, 0.6) is 0 Å². The van der Waals surface area contributed by atoms with Crippen LogP contribution in [0.15, 0.2) is 30.3 Å². The zero-order chi connectivity index (χ0) is 18.3. The van der Waals surface area contributed by atoms with Crippen molar-refractivity contribution in [2.24, 2.45) is 0 Å². The minimum absolute atomic E-state index is 0.0250. The number of nitrogens with one attached hydrogen (secondary N) is 1. The van der Waals surface area contributed by atoms with E-state index in [2.05, 4.69) is 5.48 Å². The number of carbonyl (C=O) groups is 1. The van der Waals surface area contributed by atoms with Crippen LogP contribution in [0.1, 0.15) is 40.2 Å². The molecule has 0 heterocycles. The molecule has 0 aromatic heterocycles. The van der Waals surface area contributed by atoms with Gasteiger partial charge in [0, 0.05) is 12.1 Å². The Hall–Kier alpha value is -1.63. The van der Waals surface area contributed by atoms with Crippen molar-refractivity contribution in [3.8, 4) is 0 Å². The van der Waals surface area contributed by atoms with E-state index in [9.17, 15) is 15.0 Å². The van der Waals surface area contributed by atoms with Crippen molar-refractivity contribution in [2.75, 3.05) is 6.54 Å². The molecule has 0 radical (unpaired) electrons. The lowest BCUT2D eigenvalue weighted by atomic mass is 9.95. The first kappa shape index (κ1) is 20.4. The molecule has 2 atom stereocenters. The maximum atomic E-state index is 11.8. The van der Waals surface area contributed by atoms with Gasteiger partial charge in [0.1, 0.15) is 0 Å². The van der Waals surface area contributed by atoms with Crippen LogP contribution in [-0.4, -0.2) is 51.5 Å². The highest BCUT2D eigenvalue weighted by molar-refractivity contribution is 5.66. The van der Waals surface area contributed by atoms with E-state index in [1.165, 1.54) is 4.90 Å². The Kier molecular flexibility index (Phi) is 7.66. The van der Waals surface area contributed by atoms with Gasteiger partial charge in [0.25, 0.3) is 0 Å². The summed E-state index contributed by atoms with van der Waals surface area (Å²) >= 11 is 0. The molecular weight excluding hydrogens is 308 g/mol. The lowest BCUT2D eigenvalue weighted by Gasteiger charge is -2.41. The molecule has 0 aliphatic heterocycles. The normalized spacial score (nSPS) is 14.5. The predicted molar refractivity (Wildman–Crippen MR) is 93.8 cm³/mol. The number of nitrogens with zero attached hydrogens (tertiary/aromatic N) is 1. The number of benzene rings is 1. The fourth-order valence-electron chi connectivity index (χ4n) is 2.62. The number of hydrogen-bond donors (Lipinski definition) is 3. The monoisotopic (exact) mass is 338 g/mol. The van der Waals surface area contributed by atoms with Gasteiger partial charge in [0.05, 0.1) is 18.2 Å². The number of aliphatic hydroxyl groups excluding tert-OH is 1. The van der Waals surface area contributed by atoms with Gasteiger partial charge in [-0.1, -0.05) is 30.3 Å². The molecule has 136 valence electrons. The molecule has 0 bridgehead atoms. The van der Waals surface area contributed by atoms with Crippen molar-refractivity contribution in [2.45, 2.75) is 64.8 Å². The zero-order valence-electron chi connectivity index (χ0n) is 15.2. The van der Waals surface area contributed by atoms with Gasteiger partial charge in [-0.05, 0) is 46.6 Å². The van der Waals surface area contributed by atoms with Crippen LogP contribution < -0.4 is 5.48 Å². The van der Waals surface area contributed by atoms with Gasteiger partial charge < -0.3 is 10.2 Å². The fraction of sp³-hybridized carbons (Fsp3) is 0.611. The molecule has 0 aliphatic rings. The maximum absolute atomic E-state index is 11.8. The van der Waals surface area contributed by atoms with Gasteiger partial charge in [-0.25, -0.2) is 4.79 Å². The molecule has 1 aromatic carbocycles. The summed E-state index contributed by atoms with van der Waals surface area (Å²) in [6.45, 7) is 9.37. The van der Waals surface area contributed by atoms with E-state index in [1.54, 1.807) is 0 Å². The number of carboxylic acid groups (broad SMARTS) is 1. The first-order valence-electron chi connectivity index (χ1n) is 8.25. The Morgan fingerprint density at radius 2 is 1.83 bits per heavy atom. The average Bonchev–Trinajstić information content (AvgIpc) is 2.45. The van der Waals surface area contributed by atoms with E-state index < -0.39 is 23.8 Å². The number of hydrogen-bond acceptors (Lipinski definition) is 4. The molecule has 0 saturated carbocycles. The third-order valence-electron chi connectivity index (χ3n) is 3.60. The maximum Gasteiger partial charge on any atom is 0.408 e. The molecule has 0 fully saturated rings. The molecule has 6 heteroatoms. The highest BCUT2D eigenvalue weighted by Gasteiger charge is 2.37. The third-order valence-corrected chi connectivity index (χ3v) is 3.60. The second-order valence-corrected chi connectivity index (χ2v) is 7.16. The average molecular weight is 338 g/mol. The molecule has 3 N–H and O–H groups in total. The van der Waals surface area contributed by atoms with Crippen molar-refractivity contribution < 1.29 is 19.8 Å². The van der Waals surface area contributed by atoms with Crippen molar-refractivity contribution in [1.29, 1.82) is 0 Å². The standard InChI is InChI=1S/C18H30N2O4/c1-13(2)24-19-12-16(21)15(11-14-9-7-6-8-10-14)20(17(22)23)18(3,4)5/h6-10,13,15-16,19,21H,11-12H2,1-5H3,(H,22,23)/t15-,16-/m0/s1. The van der Waals surface area contributed by atoms with E-state index >= 15 is 0 Å². The summed E-state index contributed by atoms with van der Waals surface area (Å²) in [5.41, 5.74) is 3.07. The van der Waals surface area contributed by atoms with Crippen molar-refractivity contribution in [3.05, 3.63) is 35.9 Å². The van der Waals surface area contributed by atoms with E-state index in [0.717, 1.165) is 5.56 Å². The van der Waals surface area contributed by atoms with Crippen LogP contribution in [0.25, 0.3) is 0 Å². The molecule has 24 heavy (non-hydrogen) atoms. The second-order valence-electron chi connectivity index (χ2n) is 7.16. The summed E-state index contributed by atoms with van der Waals surface area (Å²) in [7, 11) is 0. The zero-order valence-corrected chi connectivity index (χ0v) is 15.2. The van der Waals surface area contributed by atoms with Crippen LogP contribution in [0.4, 0.5) is 4.79 Å². The van der Waals surface area contributed by atoms with E-state index in [1.807, 2.05) is 65.0 Å². The number of amides is 1.